The molecule has 1 atom stereocenters. The van der Waals surface area contributed by atoms with Crippen LogP contribution in [0.2, 0.25) is 0 Å². The number of aliphatic hydroxyl groups excluding tert-OH is 1. The summed E-state index contributed by atoms with van der Waals surface area (Å²) in [7, 11) is 0. The summed E-state index contributed by atoms with van der Waals surface area (Å²) >= 11 is 0. The van der Waals surface area contributed by atoms with Crippen LogP contribution in [0.25, 0.3) is 5.65 Å². The molecule has 32 heavy (non-hydrogen) atoms. The van der Waals surface area contributed by atoms with E-state index >= 15 is 0 Å². The number of piperidine rings is 1. The van der Waals surface area contributed by atoms with Gasteiger partial charge < -0.3 is 10.0 Å². The molecule has 0 aromatic carbocycles. The molecule has 1 unspecified atom stereocenters. The monoisotopic (exact) mass is 449 g/mol. The van der Waals surface area contributed by atoms with Gasteiger partial charge in [-0.15, -0.1) is 0 Å². The average molecular weight is 449 g/mol. The van der Waals surface area contributed by atoms with E-state index in [-0.39, 0.29) is 12.6 Å². The van der Waals surface area contributed by atoms with Crippen molar-refractivity contribution in [3.8, 4) is 0 Å². The Kier molecular flexibility index (Phi) is 6.56. The largest absolute Gasteiger partial charge is 0.434 e. The van der Waals surface area contributed by atoms with Gasteiger partial charge in [-0.3, -0.25) is 19.3 Å². The third-order valence-corrected chi connectivity index (χ3v) is 6.00. The normalized spacial score (nSPS) is 21.8. The summed E-state index contributed by atoms with van der Waals surface area (Å²) in [5, 5.41) is 9.75. The van der Waals surface area contributed by atoms with E-state index in [9.17, 15) is 18.3 Å². The van der Waals surface area contributed by atoms with Gasteiger partial charge in [0.25, 0.3) is 0 Å². The van der Waals surface area contributed by atoms with Gasteiger partial charge in [-0.2, -0.15) is 13.2 Å². The van der Waals surface area contributed by atoms with Crippen molar-refractivity contribution in [1.29, 1.82) is 0 Å². The van der Waals surface area contributed by atoms with E-state index in [1.807, 2.05) is 0 Å². The fourth-order valence-electron chi connectivity index (χ4n) is 4.24. The molecule has 0 spiro atoms. The number of aliphatic hydroxyl groups is 1. The number of halogens is 3. The molecule has 2 aromatic rings. The van der Waals surface area contributed by atoms with Gasteiger partial charge in [0.2, 0.25) is 0 Å². The number of amidine groups is 1. The Morgan fingerprint density at radius 2 is 1.97 bits per heavy atom. The molecule has 2 aliphatic heterocycles. The second-order valence-corrected chi connectivity index (χ2v) is 8.08. The lowest BCUT2D eigenvalue weighted by Gasteiger charge is -2.34. The van der Waals surface area contributed by atoms with Crippen molar-refractivity contribution in [1.82, 2.24) is 24.2 Å². The molecular weight excluding hydrogens is 423 g/mol. The van der Waals surface area contributed by atoms with Gasteiger partial charge in [-0.1, -0.05) is 0 Å². The Labute approximate surface area is 183 Å². The van der Waals surface area contributed by atoms with Gasteiger partial charge in [0.05, 0.1) is 30.7 Å². The Hall–Kier alpha value is -2.79. The van der Waals surface area contributed by atoms with Crippen LogP contribution >= 0.6 is 0 Å². The first-order valence-electron chi connectivity index (χ1n) is 10.6. The first-order valence-corrected chi connectivity index (χ1v) is 10.6. The molecular formula is C21H26F3N7O. The number of alkyl halides is 3. The van der Waals surface area contributed by atoms with Crippen molar-refractivity contribution in [2.24, 2.45) is 9.98 Å². The maximum Gasteiger partial charge on any atom is 0.434 e. The second kappa shape index (κ2) is 9.37. The van der Waals surface area contributed by atoms with E-state index in [0.29, 0.717) is 23.2 Å². The first kappa shape index (κ1) is 22.4. The van der Waals surface area contributed by atoms with E-state index in [4.69, 9.17) is 0 Å². The van der Waals surface area contributed by atoms with Gasteiger partial charge in [0.15, 0.2) is 11.3 Å². The Morgan fingerprint density at radius 3 is 2.69 bits per heavy atom. The van der Waals surface area contributed by atoms with Crippen LogP contribution in [-0.4, -0.2) is 80.2 Å². The molecule has 4 rings (SSSR count). The molecule has 1 N–H and O–H groups in total. The molecule has 2 fully saturated rings. The standard InChI is InChI=1S/C21H26F3N7O/c1-25-6-2-19(30-7-3-15(13-30)29-8-4-17(32)5-9-29)27-10-16-11-28-20-12-26-18(14-31(16)20)21(22,23)24/h2,6,11-12,14-15,17,32H,1,3-5,7-10,13H2/b6-2-,27-19?. The lowest BCUT2D eigenvalue weighted by Crippen LogP contribution is -2.44. The highest BCUT2D eigenvalue weighted by atomic mass is 19.4. The molecule has 0 bridgehead atoms. The quantitative estimate of drug-likeness (QED) is 0.560. The minimum absolute atomic E-state index is 0.163. The molecule has 4 heterocycles. The fourth-order valence-corrected chi connectivity index (χ4v) is 4.24. The molecule has 2 saturated heterocycles. The zero-order chi connectivity index (χ0) is 22.7. The summed E-state index contributed by atoms with van der Waals surface area (Å²) < 4.78 is 40.5. The van der Waals surface area contributed by atoms with Gasteiger partial charge >= 0.3 is 6.18 Å². The summed E-state index contributed by atoms with van der Waals surface area (Å²) in [6.07, 6.45) is 4.73. The van der Waals surface area contributed by atoms with Crippen LogP contribution in [0.5, 0.6) is 0 Å². The number of aliphatic imine (C=N–C) groups is 2. The molecule has 0 aliphatic carbocycles. The fraction of sp³-hybridized carbons (Fsp3) is 0.524. The Bertz CT molecular complexity index is 1010. The van der Waals surface area contributed by atoms with Crippen LogP contribution < -0.4 is 0 Å². The minimum atomic E-state index is -4.53. The number of likely N-dealkylation sites (tertiary alicyclic amines) is 2. The predicted octanol–water partition coefficient (Wildman–Crippen LogP) is 2.39. The van der Waals surface area contributed by atoms with Crippen molar-refractivity contribution in [2.75, 3.05) is 26.2 Å². The van der Waals surface area contributed by atoms with Crippen LogP contribution in [0.4, 0.5) is 13.2 Å². The van der Waals surface area contributed by atoms with Crippen LogP contribution in [0, 0.1) is 0 Å². The molecule has 8 nitrogen and oxygen atoms in total. The lowest BCUT2D eigenvalue weighted by molar-refractivity contribution is -0.141. The lowest BCUT2D eigenvalue weighted by atomic mass is 10.1. The van der Waals surface area contributed by atoms with Gasteiger partial charge in [-0.05, 0) is 32.1 Å². The molecule has 172 valence electrons. The third kappa shape index (κ3) is 4.99. The number of hydrogen-bond acceptors (Lipinski definition) is 6. The van der Waals surface area contributed by atoms with Gasteiger partial charge in [-0.25, -0.2) is 9.97 Å². The molecule has 2 aromatic heterocycles. The maximum absolute atomic E-state index is 13.0. The molecule has 0 amide bonds. The first-order chi connectivity index (χ1) is 15.3. The number of fused-ring (bicyclic) bond motifs is 1. The Balaban J connectivity index is 1.51. The van der Waals surface area contributed by atoms with Crippen molar-refractivity contribution < 1.29 is 18.3 Å². The minimum Gasteiger partial charge on any atom is -0.393 e. The van der Waals surface area contributed by atoms with Crippen LogP contribution in [0.3, 0.4) is 0 Å². The number of imidazole rings is 1. The van der Waals surface area contributed by atoms with Crippen LogP contribution in [0.15, 0.2) is 40.9 Å². The summed E-state index contributed by atoms with van der Waals surface area (Å²) in [4.78, 5) is 20.6. The number of hydrogen-bond donors (Lipinski definition) is 1. The average Bonchev–Trinajstić information content (AvgIpc) is 3.41. The smallest absolute Gasteiger partial charge is 0.393 e. The van der Waals surface area contributed by atoms with E-state index in [2.05, 4.69) is 36.5 Å². The Morgan fingerprint density at radius 1 is 1.19 bits per heavy atom. The van der Waals surface area contributed by atoms with Gasteiger partial charge in [0, 0.05) is 44.6 Å². The van der Waals surface area contributed by atoms with Crippen LogP contribution in [-0.2, 0) is 12.7 Å². The second-order valence-electron chi connectivity index (χ2n) is 8.08. The van der Waals surface area contributed by atoms with Crippen molar-refractivity contribution in [3.05, 3.63) is 42.3 Å². The topological polar surface area (TPSA) is 81.6 Å². The third-order valence-electron chi connectivity index (χ3n) is 6.00. The van der Waals surface area contributed by atoms with Crippen molar-refractivity contribution >= 4 is 18.2 Å². The van der Waals surface area contributed by atoms with E-state index in [0.717, 1.165) is 57.8 Å². The summed E-state index contributed by atoms with van der Waals surface area (Å²) in [6.45, 7) is 7.01. The highest BCUT2D eigenvalue weighted by Crippen LogP contribution is 2.27. The van der Waals surface area contributed by atoms with Crippen LogP contribution in [0.1, 0.15) is 30.7 Å². The summed E-state index contributed by atoms with van der Waals surface area (Å²) in [6, 6.07) is 0.383. The summed E-state index contributed by atoms with van der Waals surface area (Å²) in [5.74, 6) is 0.706. The van der Waals surface area contributed by atoms with E-state index in [1.54, 1.807) is 12.3 Å². The highest BCUT2D eigenvalue weighted by molar-refractivity contribution is 5.93. The van der Waals surface area contributed by atoms with E-state index in [1.165, 1.54) is 10.6 Å². The number of aromatic nitrogens is 3. The van der Waals surface area contributed by atoms with Gasteiger partial charge in [0.1, 0.15) is 5.84 Å². The summed E-state index contributed by atoms with van der Waals surface area (Å²) in [5.41, 5.74) is -0.106. The molecule has 0 radical (unpaired) electrons. The molecule has 2 aliphatic rings. The van der Waals surface area contributed by atoms with Crippen molar-refractivity contribution in [3.63, 3.8) is 0 Å². The molecule has 11 heteroatoms. The van der Waals surface area contributed by atoms with Crippen molar-refractivity contribution in [2.45, 2.75) is 44.1 Å². The maximum atomic E-state index is 13.0. The molecule has 0 saturated carbocycles. The van der Waals surface area contributed by atoms with E-state index < -0.39 is 11.9 Å². The SMILES string of the molecule is C=N/C=C\C(=NCc1cnc2cnc(C(F)(F)F)cn12)N1CCC(N2CCC(O)CC2)C1. The highest BCUT2D eigenvalue weighted by Gasteiger charge is 2.33. The zero-order valence-electron chi connectivity index (χ0n) is 17.6. The number of rotatable bonds is 5. The zero-order valence-corrected chi connectivity index (χ0v) is 17.6. The predicted molar refractivity (Wildman–Crippen MR) is 115 cm³/mol. The number of nitrogens with zero attached hydrogens (tertiary/aromatic N) is 7.